The Bertz CT molecular complexity index is 643. The average Bonchev–Trinajstić information content (AvgIpc) is 2.98. The number of carbonyl (C=O) groups excluding carboxylic acids is 1. The van der Waals surface area contributed by atoms with Gasteiger partial charge in [0.15, 0.2) is 0 Å². The van der Waals surface area contributed by atoms with E-state index in [4.69, 9.17) is 5.14 Å². The van der Waals surface area contributed by atoms with Gasteiger partial charge in [0.25, 0.3) is 0 Å². The van der Waals surface area contributed by atoms with Crippen LogP contribution in [0.15, 0.2) is 40.9 Å². The zero-order valence-corrected chi connectivity index (χ0v) is 13.2. The van der Waals surface area contributed by atoms with E-state index in [-0.39, 0.29) is 10.9 Å². The van der Waals surface area contributed by atoms with Crippen LogP contribution in [0.25, 0.3) is 0 Å². The number of benzene rings is 1. The molecule has 6 nitrogen and oxygen atoms in total. The Morgan fingerprint density at radius 2 is 1.82 bits per heavy atom. The maximum absolute atomic E-state index is 11.6. The van der Waals surface area contributed by atoms with Crippen molar-refractivity contribution >= 4 is 16.1 Å². The van der Waals surface area contributed by atoms with Crippen molar-refractivity contribution in [3.05, 3.63) is 41.6 Å². The van der Waals surface area contributed by atoms with Gasteiger partial charge in [-0.2, -0.15) is 0 Å². The molecule has 2 amide bonds. The molecule has 22 heavy (non-hydrogen) atoms. The number of hydrogen-bond acceptors (Lipinski definition) is 3. The van der Waals surface area contributed by atoms with Gasteiger partial charge in [0, 0.05) is 12.7 Å². The quantitative estimate of drug-likeness (QED) is 0.767. The molecule has 1 saturated carbocycles. The lowest BCUT2D eigenvalue weighted by atomic mass is 10.1. The largest absolute Gasteiger partial charge is 0.338 e. The van der Waals surface area contributed by atoms with Gasteiger partial charge in [-0.3, -0.25) is 0 Å². The fraction of sp³-hybridized carbons (Fsp3) is 0.400. The molecule has 1 aliphatic rings. The van der Waals surface area contributed by atoms with E-state index >= 15 is 0 Å². The highest BCUT2D eigenvalue weighted by Crippen LogP contribution is 2.22. The van der Waals surface area contributed by atoms with E-state index in [2.05, 4.69) is 10.6 Å². The Morgan fingerprint density at radius 3 is 2.41 bits per heavy atom. The molecule has 0 radical (unpaired) electrons. The third kappa shape index (κ3) is 5.16. The van der Waals surface area contributed by atoms with Gasteiger partial charge in [-0.05, 0) is 49.8 Å². The normalized spacial score (nSPS) is 14.7. The summed E-state index contributed by atoms with van der Waals surface area (Å²) in [5.41, 5.74) is 2.22. The summed E-state index contributed by atoms with van der Waals surface area (Å²) >= 11 is 0. The summed E-state index contributed by atoms with van der Waals surface area (Å²) in [5, 5.41) is 10.5. The molecule has 0 saturated heterocycles. The van der Waals surface area contributed by atoms with Crippen molar-refractivity contribution in [1.82, 2.24) is 10.6 Å². The number of nitrogens with two attached hydrogens (primary N) is 1. The molecular formula is C15H21N3O3S. The molecule has 120 valence electrons. The molecule has 0 aliphatic heterocycles. The molecule has 0 spiro atoms. The maximum atomic E-state index is 11.6. The highest BCUT2D eigenvalue weighted by Gasteiger charge is 2.08. The summed E-state index contributed by atoms with van der Waals surface area (Å²) < 4.78 is 22.3. The smallest absolute Gasteiger partial charge is 0.318 e. The highest BCUT2D eigenvalue weighted by atomic mass is 32.2. The van der Waals surface area contributed by atoms with E-state index in [1.54, 1.807) is 18.3 Å². The van der Waals surface area contributed by atoms with Gasteiger partial charge in [-0.15, -0.1) is 0 Å². The van der Waals surface area contributed by atoms with Gasteiger partial charge in [0.05, 0.1) is 4.90 Å². The number of allylic oxidation sites excluding steroid dienone is 1. The van der Waals surface area contributed by atoms with Gasteiger partial charge >= 0.3 is 6.03 Å². The van der Waals surface area contributed by atoms with E-state index in [0.29, 0.717) is 13.0 Å². The molecular weight excluding hydrogens is 302 g/mol. The number of hydrogen-bond donors (Lipinski definition) is 3. The first-order valence-corrected chi connectivity index (χ1v) is 8.84. The molecule has 7 heteroatoms. The van der Waals surface area contributed by atoms with Crippen molar-refractivity contribution in [2.24, 2.45) is 5.14 Å². The number of primary sulfonamides is 1. The lowest BCUT2D eigenvalue weighted by Crippen LogP contribution is -2.33. The summed E-state index contributed by atoms with van der Waals surface area (Å²) in [6.07, 6.45) is 6.94. The van der Waals surface area contributed by atoms with Gasteiger partial charge in [-0.1, -0.05) is 17.7 Å². The number of urea groups is 1. The molecule has 0 aromatic heterocycles. The second kappa shape index (κ2) is 7.42. The van der Waals surface area contributed by atoms with Crippen LogP contribution in [0.2, 0.25) is 0 Å². The van der Waals surface area contributed by atoms with Crippen molar-refractivity contribution in [1.29, 1.82) is 0 Å². The van der Waals surface area contributed by atoms with E-state index < -0.39 is 10.0 Å². The standard InChI is InChI=1S/C15H21N3O3S/c16-22(20,21)14-7-5-12(6-8-14)9-10-17-15(19)18-11-13-3-1-2-4-13/h5-8,11H,1-4,9-10H2,(H2,16,20,21)(H2,17,18,19). The van der Waals surface area contributed by atoms with Crippen molar-refractivity contribution in [2.75, 3.05) is 6.54 Å². The SMILES string of the molecule is NS(=O)(=O)c1ccc(CCNC(=O)NC=C2CCCC2)cc1. The first-order chi connectivity index (χ1) is 10.4. The number of nitrogens with one attached hydrogen (secondary N) is 2. The number of amides is 2. The van der Waals surface area contributed by atoms with Crippen LogP contribution in [-0.4, -0.2) is 21.0 Å². The molecule has 1 fully saturated rings. The fourth-order valence-electron chi connectivity index (χ4n) is 2.36. The van der Waals surface area contributed by atoms with E-state index in [1.807, 2.05) is 0 Å². The molecule has 1 aliphatic carbocycles. The van der Waals surface area contributed by atoms with Gasteiger partial charge < -0.3 is 10.6 Å². The maximum Gasteiger partial charge on any atom is 0.318 e. The van der Waals surface area contributed by atoms with Crippen LogP contribution in [0.3, 0.4) is 0 Å². The minimum absolute atomic E-state index is 0.0881. The number of rotatable bonds is 5. The Labute approximate surface area is 130 Å². The van der Waals surface area contributed by atoms with Crippen LogP contribution in [0.5, 0.6) is 0 Å². The third-order valence-electron chi connectivity index (χ3n) is 3.60. The Kier molecular flexibility index (Phi) is 5.57. The number of sulfonamides is 1. The van der Waals surface area contributed by atoms with Crippen molar-refractivity contribution in [2.45, 2.75) is 37.0 Å². The Morgan fingerprint density at radius 1 is 1.18 bits per heavy atom. The summed E-state index contributed by atoms with van der Waals surface area (Å²) in [6.45, 7) is 0.476. The zero-order chi connectivity index (χ0) is 16.0. The van der Waals surface area contributed by atoms with Crippen LogP contribution >= 0.6 is 0 Å². The van der Waals surface area contributed by atoms with Gasteiger partial charge in [0.1, 0.15) is 0 Å². The van der Waals surface area contributed by atoms with Gasteiger partial charge in [-0.25, -0.2) is 18.4 Å². The first kappa shape index (κ1) is 16.5. The first-order valence-electron chi connectivity index (χ1n) is 7.29. The van der Waals surface area contributed by atoms with E-state index in [9.17, 15) is 13.2 Å². The molecule has 1 aromatic rings. The lowest BCUT2D eigenvalue weighted by Gasteiger charge is -2.06. The molecule has 0 bridgehead atoms. The third-order valence-corrected chi connectivity index (χ3v) is 4.53. The van der Waals surface area contributed by atoms with E-state index in [1.165, 1.54) is 30.5 Å². The summed E-state index contributed by atoms with van der Waals surface area (Å²) in [7, 11) is -3.66. The van der Waals surface area contributed by atoms with Crippen LogP contribution in [0, 0.1) is 0 Å². The van der Waals surface area contributed by atoms with Crippen LogP contribution in [0.1, 0.15) is 31.2 Å². The van der Waals surface area contributed by atoms with Crippen molar-refractivity contribution < 1.29 is 13.2 Å². The topological polar surface area (TPSA) is 101 Å². The predicted octanol–water partition coefficient (Wildman–Crippen LogP) is 1.63. The summed E-state index contributed by atoms with van der Waals surface area (Å²) in [5.74, 6) is 0. The molecule has 0 atom stereocenters. The van der Waals surface area contributed by atoms with Crippen LogP contribution in [0.4, 0.5) is 4.79 Å². The predicted molar refractivity (Wildman–Crippen MR) is 84.6 cm³/mol. The molecule has 1 aromatic carbocycles. The fourth-order valence-corrected chi connectivity index (χ4v) is 2.87. The molecule has 0 heterocycles. The van der Waals surface area contributed by atoms with Crippen LogP contribution < -0.4 is 15.8 Å². The average molecular weight is 323 g/mol. The number of carbonyl (C=O) groups is 1. The Hall–Kier alpha value is -1.86. The second-order valence-corrected chi connectivity index (χ2v) is 6.91. The highest BCUT2D eigenvalue weighted by molar-refractivity contribution is 7.89. The minimum Gasteiger partial charge on any atom is -0.338 e. The minimum atomic E-state index is -3.66. The summed E-state index contributed by atoms with van der Waals surface area (Å²) in [4.78, 5) is 11.7. The lowest BCUT2D eigenvalue weighted by molar-refractivity contribution is 0.244. The van der Waals surface area contributed by atoms with Crippen LogP contribution in [-0.2, 0) is 16.4 Å². The molecule has 2 rings (SSSR count). The van der Waals surface area contributed by atoms with Crippen molar-refractivity contribution in [3.63, 3.8) is 0 Å². The van der Waals surface area contributed by atoms with E-state index in [0.717, 1.165) is 18.4 Å². The molecule has 4 N–H and O–H groups in total. The van der Waals surface area contributed by atoms with Crippen molar-refractivity contribution in [3.8, 4) is 0 Å². The molecule has 0 unspecified atom stereocenters. The summed E-state index contributed by atoms with van der Waals surface area (Å²) in [6, 6.07) is 6.10. The Balaban J connectivity index is 1.74. The monoisotopic (exact) mass is 323 g/mol. The van der Waals surface area contributed by atoms with Gasteiger partial charge in [0.2, 0.25) is 10.0 Å². The second-order valence-electron chi connectivity index (χ2n) is 5.35. The zero-order valence-electron chi connectivity index (χ0n) is 12.3.